The van der Waals surface area contributed by atoms with Crippen LogP contribution in [0, 0.1) is 0 Å². The Hall–Kier alpha value is -2.03. The van der Waals surface area contributed by atoms with Gasteiger partial charge in [0.05, 0.1) is 7.11 Å². The molecule has 100 valence electrons. The van der Waals surface area contributed by atoms with Gasteiger partial charge in [0.15, 0.2) is 0 Å². The highest BCUT2D eigenvalue weighted by Crippen LogP contribution is 2.29. The fourth-order valence-electron chi connectivity index (χ4n) is 2.04. The molecule has 0 N–H and O–H groups in total. The van der Waals surface area contributed by atoms with Crippen LogP contribution in [0.2, 0.25) is 0 Å². The highest BCUT2D eigenvalue weighted by Gasteiger charge is 2.16. The molecular weight excluding hydrogens is 240 g/mol. The first-order valence-corrected chi connectivity index (χ1v) is 6.52. The summed E-state index contributed by atoms with van der Waals surface area (Å²) in [7, 11) is 1.65. The van der Waals surface area contributed by atoms with E-state index in [1.165, 1.54) is 6.08 Å². The Labute approximate surface area is 113 Å². The maximum absolute atomic E-state index is 11.2. The molecule has 0 fully saturated rings. The van der Waals surface area contributed by atoms with Crippen LogP contribution >= 0.6 is 0 Å². The van der Waals surface area contributed by atoms with Gasteiger partial charge in [-0.1, -0.05) is 25.5 Å². The summed E-state index contributed by atoms with van der Waals surface area (Å²) in [5, 5.41) is 0. The number of carbonyl (C=O) groups excluding carboxylic acids is 1. The Bertz CT molecular complexity index is 509. The fourth-order valence-corrected chi connectivity index (χ4v) is 2.04. The molecule has 0 spiro atoms. The number of hydrogen-bond acceptors (Lipinski definition) is 3. The van der Waals surface area contributed by atoms with Crippen molar-refractivity contribution in [1.29, 1.82) is 0 Å². The van der Waals surface area contributed by atoms with Gasteiger partial charge >= 0.3 is 5.97 Å². The van der Waals surface area contributed by atoms with E-state index < -0.39 is 0 Å². The van der Waals surface area contributed by atoms with Crippen molar-refractivity contribution >= 4 is 11.5 Å². The molecule has 19 heavy (non-hydrogen) atoms. The third-order valence-corrected chi connectivity index (χ3v) is 3.10. The fraction of sp³-hybridized carbons (Fsp3) is 0.312. The maximum Gasteiger partial charge on any atom is 0.336 e. The van der Waals surface area contributed by atoms with Crippen molar-refractivity contribution in [1.82, 2.24) is 0 Å². The minimum Gasteiger partial charge on any atom is -0.497 e. The number of carbonyl (C=O) groups is 1. The van der Waals surface area contributed by atoms with Crippen LogP contribution in [0.5, 0.6) is 5.75 Å². The van der Waals surface area contributed by atoms with E-state index in [0.29, 0.717) is 5.76 Å². The van der Waals surface area contributed by atoms with Crippen LogP contribution in [-0.2, 0) is 9.53 Å². The Balaban J connectivity index is 2.31. The van der Waals surface area contributed by atoms with Crippen LogP contribution in [0.4, 0.5) is 0 Å². The Morgan fingerprint density at radius 3 is 2.47 bits per heavy atom. The molecule has 0 aliphatic carbocycles. The van der Waals surface area contributed by atoms with E-state index in [0.717, 1.165) is 36.1 Å². The van der Waals surface area contributed by atoms with Crippen molar-refractivity contribution in [2.45, 2.75) is 26.2 Å². The SMILES string of the molecule is CCCC/C(=C1/C=CC(=O)O1)c1ccc(OC)cc1. The largest absolute Gasteiger partial charge is 0.497 e. The average Bonchev–Trinajstić information content (AvgIpc) is 2.86. The van der Waals surface area contributed by atoms with Crippen LogP contribution in [-0.4, -0.2) is 13.1 Å². The van der Waals surface area contributed by atoms with Crippen LogP contribution in [0.3, 0.4) is 0 Å². The summed E-state index contributed by atoms with van der Waals surface area (Å²) in [6.07, 6.45) is 6.28. The monoisotopic (exact) mass is 258 g/mol. The minimum absolute atomic E-state index is 0.294. The first-order valence-electron chi connectivity index (χ1n) is 6.52. The lowest BCUT2D eigenvalue weighted by Crippen LogP contribution is -1.96. The minimum atomic E-state index is -0.294. The summed E-state index contributed by atoms with van der Waals surface area (Å²) in [5.74, 6) is 1.20. The molecule has 1 aliphatic rings. The van der Waals surface area contributed by atoms with Crippen molar-refractivity contribution in [3.8, 4) is 5.75 Å². The number of rotatable bonds is 5. The van der Waals surface area contributed by atoms with E-state index in [-0.39, 0.29) is 5.97 Å². The van der Waals surface area contributed by atoms with Crippen molar-refractivity contribution in [2.24, 2.45) is 0 Å². The molecule has 0 bridgehead atoms. The van der Waals surface area contributed by atoms with Gasteiger partial charge in [0.25, 0.3) is 0 Å². The number of hydrogen-bond donors (Lipinski definition) is 0. The van der Waals surface area contributed by atoms with Crippen LogP contribution < -0.4 is 4.74 Å². The van der Waals surface area contributed by atoms with E-state index in [9.17, 15) is 4.79 Å². The summed E-state index contributed by atoms with van der Waals surface area (Å²) >= 11 is 0. The molecular formula is C16H18O3. The van der Waals surface area contributed by atoms with E-state index in [4.69, 9.17) is 9.47 Å². The van der Waals surface area contributed by atoms with Crippen molar-refractivity contribution in [2.75, 3.05) is 7.11 Å². The summed E-state index contributed by atoms with van der Waals surface area (Å²) < 4.78 is 10.4. The second-order valence-corrected chi connectivity index (χ2v) is 4.43. The maximum atomic E-state index is 11.2. The lowest BCUT2D eigenvalue weighted by Gasteiger charge is -2.11. The van der Waals surface area contributed by atoms with E-state index >= 15 is 0 Å². The predicted molar refractivity (Wildman–Crippen MR) is 74.7 cm³/mol. The zero-order valence-electron chi connectivity index (χ0n) is 11.3. The summed E-state index contributed by atoms with van der Waals surface area (Å²) in [6, 6.07) is 7.83. The molecule has 1 aliphatic heterocycles. The normalized spacial score (nSPS) is 16.4. The molecule has 3 heteroatoms. The predicted octanol–water partition coefficient (Wildman–Crippen LogP) is 3.71. The average molecular weight is 258 g/mol. The summed E-state index contributed by atoms with van der Waals surface area (Å²) in [4.78, 5) is 11.2. The number of cyclic esters (lactones) is 1. The third kappa shape index (κ3) is 3.25. The molecule has 0 saturated carbocycles. The first-order chi connectivity index (χ1) is 9.24. The number of benzene rings is 1. The van der Waals surface area contributed by atoms with Crippen molar-refractivity contribution in [3.05, 3.63) is 47.7 Å². The quantitative estimate of drug-likeness (QED) is 0.755. The highest BCUT2D eigenvalue weighted by atomic mass is 16.5. The number of esters is 1. The van der Waals surface area contributed by atoms with Gasteiger partial charge < -0.3 is 9.47 Å². The molecule has 0 unspecified atom stereocenters. The lowest BCUT2D eigenvalue weighted by molar-refractivity contribution is -0.132. The molecule has 1 aromatic carbocycles. The van der Waals surface area contributed by atoms with Gasteiger partial charge in [0.1, 0.15) is 11.5 Å². The molecule has 0 saturated heterocycles. The number of allylic oxidation sites excluding steroid dienone is 2. The molecule has 1 aromatic rings. The second kappa shape index (κ2) is 6.23. The number of ether oxygens (including phenoxy) is 2. The Morgan fingerprint density at radius 2 is 1.95 bits per heavy atom. The molecule has 0 atom stereocenters. The summed E-state index contributed by atoms with van der Waals surface area (Å²) in [5.41, 5.74) is 2.15. The lowest BCUT2D eigenvalue weighted by atomic mass is 9.99. The zero-order chi connectivity index (χ0) is 13.7. The zero-order valence-corrected chi connectivity index (χ0v) is 11.3. The Kier molecular flexibility index (Phi) is 4.39. The van der Waals surface area contributed by atoms with Gasteiger partial charge in [-0.15, -0.1) is 0 Å². The number of methoxy groups -OCH3 is 1. The van der Waals surface area contributed by atoms with Gasteiger partial charge in [0, 0.05) is 11.6 Å². The van der Waals surface area contributed by atoms with Crippen LogP contribution in [0.25, 0.3) is 5.57 Å². The van der Waals surface area contributed by atoms with Gasteiger partial charge in [-0.3, -0.25) is 0 Å². The molecule has 0 radical (unpaired) electrons. The summed E-state index contributed by atoms with van der Waals surface area (Å²) in [6.45, 7) is 2.15. The smallest absolute Gasteiger partial charge is 0.336 e. The molecule has 1 heterocycles. The highest BCUT2D eigenvalue weighted by molar-refractivity contribution is 5.89. The van der Waals surface area contributed by atoms with Gasteiger partial charge in [-0.2, -0.15) is 0 Å². The molecule has 3 nitrogen and oxygen atoms in total. The number of unbranched alkanes of at least 4 members (excludes halogenated alkanes) is 1. The Morgan fingerprint density at radius 1 is 1.21 bits per heavy atom. The van der Waals surface area contributed by atoms with E-state index in [1.54, 1.807) is 13.2 Å². The van der Waals surface area contributed by atoms with Gasteiger partial charge in [-0.05, 0) is 36.6 Å². The third-order valence-electron chi connectivity index (χ3n) is 3.10. The van der Waals surface area contributed by atoms with E-state index in [2.05, 4.69) is 6.92 Å². The van der Waals surface area contributed by atoms with Crippen LogP contribution in [0.15, 0.2) is 42.2 Å². The van der Waals surface area contributed by atoms with Crippen molar-refractivity contribution < 1.29 is 14.3 Å². The molecule has 0 amide bonds. The molecule has 0 aromatic heterocycles. The standard InChI is InChI=1S/C16H18O3/c1-3-4-5-14(15-10-11-16(17)19-15)12-6-8-13(18-2)9-7-12/h6-11H,3-5H2,1-2H3/b15-14+. The topological polar surface area (TPSA) is 35.5 Å². The molecule has 2 rings (SSSR count). The van der Waals surface area contributed by atoms with Gasteiger partial charge in [0.2, 0.25) is 0 Å². The second-order valence-electron chi connectivity index (χ2n) is 4.43. The van der Waals surface area contributed by atoms with Crippen molar-refractivity contribution in [3.63, 3.8) is 0 Å². The van der Waals surface area contributed by atoms with Gasteiger partial charge in [-0.25, -0.2) is 4.79 Å². The first kappa shape index (κ1) is 13.4. The van der Waals surface area contributed by atoms with E-state index in [1.807, 2.05) is 24.3 Å². The van der Waals surface area contributed by atoms with Crippen LogP contribution in [0.1, 0.15) is 31.7 Å².